The van der Waals surface area contributed by atoms with Gasteiger partial charge in [0.25, 0.3) is 0 Å². The molecule has 0 N–H and O–H groups in total. The third-order valence-electron chi connectivity index (χ3n) is 17.0. The molecular weight excluding hydrogens is 2230 g/mol. The zero-order valence-electron chi connectivity index (χ0n) is 59.4. The van der Waals surface area contributed by atoms with Crippen molar-refractivity contribution in [3.63, 3.8) is 0 Å². The second kappa shape index (κ2) is 31.7. The molecule has 0 atom stereocenters. The van der Waals surface area contributed by atoms with E-state index >= 15 is 132 Å². The van der Waals surface area contributed by atoms with E-state index in [9.17, 15) is 211 Å². The Morgan fingerprint density at radius 2 is 0.275 bits per heavy atom. The summed E-state index contributed by atoms with van der Waals surface area (Å²) >= 11 is 0. The van der Waals surface area contributed by atoms with Crippen LogP contribution in [-0.4, -0.2) is 216 Å². The summed E-state index contributed by atoms with van der Waals surface area (Å²) in [6.07, 6.45) is -112. The molecule has 4 aromatic carbocycles. The number of hydrogen-bond donors (Lipinski definition) is 0. The first-order valence-corrected chi connectivity index (χ1v) is 30.4. The van der Waals surface area contributed by atoms with Crippen LogP contribution in [0.2, 0.25) is 0 Å². The van der Waals surface area contributed by atoms with Crippen LogP contribution < -0.4 is 28.4 Å². The van der Waals surface area contributed by atoms with E-state index in [2.05, 4.69) is 9.47 Å². The lowest BCUT2D eigenvalue weighted by Gasteiger charge is -2.40. The Morgan fingerprint density at radius 1 is 0.123 bits per heavy atom. The van der Waals surface area contributed by atoms with Gasteiger partial charge in [0.05, 0.1) is 0 Å². The zero-order chi connectivity index (χ0) is 111. The van der Waals surface area contributed by atoms with E-state index in [0.717, 1.165) is 0 Å². The summed E-state index contributed by atoms with van der Waals surface area (Å²) in [6, 6.07) is -15.8. The van der Waals surface area contributed by atoms with Gasteiger partial charge in [-0.1, -0.05) is 0 Å². The van der Waals surface area contributed by atoms with E-state index in [-0.39, 0.29) is 0 Å². The van der Waals surface area contributed by atoms with Gasteiger partial charge in [-0.05, 0) is 63.3 Å². The van der Waals surface area contributed by atoms with Crippen LogP contribution in [0.15, 0.2) is 36.4 Å². The second-order valence-electron chi connectivity index (χ2n) is 26.0. The molecule has 0 heterocycles. The lowest BCUT2D eigenvalue weighted by molar-refractivity contribution is -0.459. The Kier molecular flexibility index (Phi) is 27.9. The first-order valence-electron chi connectivity index (χ1n) is 30.4. The molecule has 84 heteroatoms. The van der Waals surface area contributed by atoms with Crippen molar-refractivity contribution in [2.75, 3.05) is 0 Å². The number of rotatable bonds is 36. The predicted molar refractivity (Wildman–Crippen MR) is 267 cm³/mol. The zero-order valence-corrected chi connectivity index (χ0v) is 59.4. The van der Waals surface area contributed by atoms with Crippen LogP contribution in [0.3, 0.4) is 0 Å². The van der Waals surface area contributed by atoms with Crippen molar-refractivity contribution in [3.05, 3.63) is 36.4 Å². The molecule has 0 aliphatic rings. The standard InChI is InChI=1S/C54H6F78O6/c55-19(56,31(79,80)43(103,104)105)25(67,68)37(91,92)49(121,122)133-7-1-2-8-9(3-7)10-4-13(134-50(123,124)38(93,94)26(69,70)20(57,58)32(81,82)44(106,107)108)14(135-51(125,126)39(95,96)27(71,72)21(59,60)33(83,84)45(109,110)111)5-11(10)12-6-15(136-52(127,128)40(97,98)28(73,74)22(61,62)34(85,86)46(112,113)114)17(137-53(129,130)41(99,100)29(75,76)23(63,64)35(87,88)47(115,116)117)18(16(8)12)138-54(131,132)42(101,102)30(77,78)24(65,66)36(89,90)48(118,119)120/h1-6H. The molecule has 0 radical (unpaired) electrons. The lowest BCUT2D eigenvalue weighted by atomic mass is 9.92. The van der Waals surface area contributed by atoms with Crippen molar-refractivity contribution in [2.45, 2.75) is 216 Å². The molecule has 804 valence electrons. The molecule has 4 rings (SSSR count). The fraction of sp³-hybridized carbons (Fsp3) is 0.667. The smallest absolute Gasteiger partial charge is 0.428 e. The molecule has 6 nitrogen and oxygen atoms in total. The van der Waals surface area contributed by atoms with Gasteiger partial charge in [0.2, 0.25) is 5.75 Å². The van der Waals surface area contributed by atoms with Gasteiger partial charge in [-0.15, -0.1) is 0 Å². The maximum absolute atomic E-state index is 16.5. The van der Waals surface area contributed by atoms with Crippen molar-refractivity contribution in [1.82, 2.24) is 0 Å². The highest BCUT2D eigenvalue weighted by Crippen LogP contribution is 2.71. The van der Waals surface area contributed by atoms with E-state index in [1.165, 1.54) is 0 Å². The summed E-state index contributed by atoms with van der Waals surface area (Å²) < 4.78 is 1150. The number of alkyl halides is 78. The van der Waals surface area contributed by atoms with Gasteiger partial charge in [-0.25, -0.2) is 0 Å². The number of hydrogen-bond acceptors (Lipinski definition) is 6. The number of halogens is 78. The number of fused-ring (bicyclic) bond motifs is 6. The fourth-order valence-corrected chi connectivity index (χ4v) is 9.29. The molecular formula is C54H6F78O6. The highest BCUT2D eigenvalue weighted by molar-refractivity contribution is 6.28. The highest BCUT2D eigenvalue weighted by Gasteiger charge is 2.99. The molecule has 0 bridgehead atoms. The van der Waals surface area contributed by atoms with E-state index in [1.807, 2.05) is 14.2 Å². The Bertz CT molecular complexity index is 5140. The molecule has 0 unspecified atom stereocenters. The van der Waals surface area contributed by atoms with Gasteiger partial charge in [0, 0.05) is 5.39 Å². The van der Waals surface area contributed by atoms with E-state index < -0.39 is 319 Å². The van der Waals surface area contributed by atoms with E-state index in [0.29, 0.717) is 0 Å². The normalized spacial score (nSPS) is 16.5. The Balaban J connectivity index is 3.01. The van der Waals surface area contributed by atoms with Crippen LogP contribution in [0.4, 0.5) is 342 Å². The minimum Gasteiger partial charge on any atom is -0.428 e. The molecule has 4 aromatic rings. The Hall–Kier alpha value is -9.00. The minimum atomic E-state index is -10.4. The average molecular weight is 2230 g/mol. The van der Waals surface area contributed by atoms with Crippen LogP contribution in [0, 0.1) is 0 Å². The molecule has 0 aliphatic heterocycles. The van der Waals surface area contributed by atoms with Crippen LogP contribution in [-0.2, 0) is 0 Å². The summed E-state index contributed by atoms with van der Waals surface area (Å²) in [5, 5.41) is -26.4. The van der Waals surface area contributed by atoms with Crippen molar-refractivity contribution in [2.24, 2.45) is 0 Å². The third kappa shape index (κ3) is 16.3. The van der Waals surface area contributed by atoms with Crippen molar-refractivity contribution >= 4 is 32.3 Å². The maximum Gasteiger partial charge on any atom is 0.471 e. The minimum absolute atomic E-state index is 1.79. The van der Waals surface area contributed by atoms with Crippen LogP contribution >= 0.6 is 0 Å². The van der Waals surface area contributed by atoms with Gasteiger partial charge >= 0.3 is 216 Å². The topological polar surface area (TPSA) is 55.4 Å². The van der Waals surface area contributed by atoms with Crippen molar-refractivity contribution < 1.29 is 371 Å². The summed E-state index contributed by atoms with van der Waals surface area (Å²) in [5.41, 5.74) is 0. The maximum atomic E-state index is 16.5. The molecule has 0 fully saturated rings. The fourth-order valence-electron chi connectivity index (χ4n) is 9.29. The third-order valence-corrected chi connectivity index (χ3v) is 17.0. The summed E-state index contributed by atoms with van der Waals surface area (Å²) in [4.78, 5) is 0. The molecule has 0 spiro atoms. The molecule has 0 aliphatic carbocycles. The quantitative estimate of drug-likeness (QED) is 0.0334. The highest BCUT2D eigenvalue weighted by atomic mass is 19.5. The summed E-state index contributed by atoms with van der Waals surface area (Å²) in [7, 11) is 0. The van der Waals surface area contributed by atoms with Crippen molar-refractivity contribution in [3.8, 4) is 34.5 Å². The number of ether oxygens (including phenoxy) is 6. The first-order chi connectivity index (χ1) is 59.0. The van der Waals surface area contributed by atoms with Crippen LogP contribution in [0.5, 0.6) is 34.5 Å². The van der Waals surface area contributed by atoms with Crippen LogP contribution in [0.25, 0.3) is 32.3 Å². The molecule has 0 saturated heterocycles. The van der Waals surface area contributed by atoms with Crippen LogP contribution in [0.1, 0.15) is 0 Å². The van der Waals surface area contributed by atoms with Gasteiger partial charge in [0.1, 0.15) is 5.75 Å². The Labute approximate surface area is 690 Å². The Morgan fingerprint density at radius 3 is 0.478 bits per heavy atom. The summed E-state index contributed by atoms with van der Waals surface area (Å²) in [5.74, 6) is -271. The molecule has 0 saturated carbocycles. The van der Waals surface area contributed by atoms with Gasteiger partial charge < -0.3 is 28.4 Å². The lowest BCUT2D eigenvalue weighted by Crippen LogP contribution is -2.71. The van der Waals surface area contributed by atoms with E-state index in [1.54, 1.807) is 4.74 Å². The summed E-state index contributed by atoms with van der Waals surface area (Å²) in [6.45, 7) is 0. The van der Waals surface area contributed by atoms with Gasteiger partial charge in [0.15, 0.2) is 23.0 Å². The number of benzene rings is 4. The van der Waals surface area contributed by atoms with Gasteiger partial charge in [-0.3, -0.25) is 0 Å². The molecule has 0 aromatic heterocycles. The molecule has 138 heavy (non-hydrogen) atoms. The monoisotopic (exact) mass is 2230 g/mol. The van der Waals surface area contributed by atoms with Gasteiger partial charge in [-0.2, -0.15) is 342 Å². The first kappa shape index (κ1) is 121. The molecule has 0 amide bonds. The van der Waals surface area contributed by atoms with Crippen molar-refractivity contribution in [1.29, 1.82) is 0 Å². The second-order valence-corrected chi connectivity index (χ2v) is 26.0. The van der Waals surface area contributed by atoms with E-state index in [4.69, 9.17) is 0 Å². The average Bonchev–Trinajstić information content (AvgIpc) is 0.700. The predicted octanol–water partition coefficient (Wildman–Crippen LogP) is 29.6. The SMILES string of the molecule is FC(F)(F)C(F)(F)C(F)(F)C(F)(F)C(F)(F)C(F)(F)Oc1ccc2c(c1)c1cc(OC(F)(F)C(F)(F)C(F)(F)C(F)(F)C(F)(F)C(F)(F)F)c(OC(F)(F)C(F)(F)C(F)(F)C(F)(F)C(F)(F)C(F)(F)F)cc1c1cc(OC(F)(F)C(F)(F)C(F)(F)C(F)(F)C(F)(F)C(F)(F)F)c(OC(F)(F)C(F)(F)C(F)(F)C(F)(F)C(F)(F)C(F)(F)F)c(OC(F)(F)C(F)(F)C(F)(F)C(F)(F)C(F)(F)C(F)(F)F)c21. The largest absolute Gasteiger partial charge is 0.471 e.